The monoisotopic (exact) mass is 308 g/mol. The lowest BCUT2D eigenvalue weighted by molar-refractivity contribution is 0.0466. The molecule has 0 saturated carbocycles. The van der Waals surface area contributed by atoms with Crippen LogP contribution < -0.4 is 0 Å². The van der Waals surface area contributed by atoms with Gasteiger partial charge in [-0.15, -0.1) is 5.10 Å². The van der Waals surface area contributed by atoms with Crippen molar-refractivity contribution in [1.29, 1.82) is 0 Å². The first kappa shape index (κ1) is 11.8. The van der Waals surface area contributed by atoms with Gasteiger partial charge in [0.25, 0.3) is 0 Å². The van der Waals surface area contributed by atoms with Gasteiger partial charge in [-0.1, -0.05) is 0 Å². The van der Waals surface area contributed by atoms with Gasteiger partial charge in [0.05, 0.1) is 5.69 Å². The van der Waals surface area contributed by atoms with Crippen LogP contribution in [-0.4, -0.2) is 26.4 Å². The lowest BCUT2D eigenvalue weighted by atomic mass is 10.3. The topological polar surface area (TPSA) is 52.8 Å². The third kappa shape index (κ3) is 2.18. The summed E-state index contributed by atoms with van der Waals surface area (Å²) in [6.07, 6.45) is 3.82. The SMILES string of the molecule is Cc1nc(-c2ncn(C3CCCO3)n2)ccc1Br. The van der Waals surface area contributed by atoms with Crippen LogP contribution in [0.2, 0.25) is 0 Å². The molecule has 0 N–H and O–H groups in total. The Labute approximate surface area is 113 Å². The molecule has 1 saturated heterocycles. The van der Waals surface area contributed by atoms with E-state index in [-0.39, 0.29) is 6.23 Å². The minimum absolute atomic E-state index is 0.0304. The number of hydrogen-bond acceptors (Lipinski definition) is 4. The van der Waals surface area contributed by atoms with E-state index in [9.17, 15) is 0 Å². The maximum atomic E-state index is 5.56. The Kier molecular flexibility index (Phi) is 3.13. The van der Waals surface area contributed by atoms with Crippen molar-refractivity contribution >= 4 is 15.9 Å². The number of halogens is 1. The number of hydrogen-bond donors (Lipinski definition) is 0. The van der Waals surface area contributed by atoms with Crippen molar-refractivity contribution in [3.05, 3.63) is 28.6 Å². The Morgan fingerprint density at radius 3 is 3.06 bits per heavy atom. The van der Waals surface area contributed by atoms with E-state index in [1.165, 1.54) is 0 Å². The minimum atomic E-state index is 0.0304. The second kappa shape index (κ2) is 4.78. The van der Waals surface area contributed by atoms with Crippen molar-refractivity contribution < 1.29 is 4.74 Å². The minimum Gasteiger partial charge on any atom is -0.356 e. The van der Waals surface area contributed by atoms with E-state index in [1.54, 1.807) is 11.0 Å². The number of rotatable bonds is 2. The Bertz CT molecular complexity index is 563. The molecular weight excluding hydrogens is 296 g/mol. The Morgan fingerprint density at radius 2 is 2.33 bits per heavy atom. The molecule has 6 heteroatoms. The number of aromatic nitrogens is 4. The molecule has 1 unspecified atom stereocenters. The van der Waals surface area contributed by atoms with Crippen LogP contribution in [0.15, 0.2) is 22.9 Å². The second-order valence-electron chi connectivity index (χ2n) is 4.28. The standard InChI is InChI=1S/C12H13BrN4O/c1-8-9(13)4-5-10(15-8)12-14-7-17(16-12)11-3-2-6-18-11/h4-5,7,11H,2-3,6H2,1H3. The average molecular weight is 309 g/mol. The summed E-state index contributed by atoms with van der Waals surface area (Å²) >= 11 is 3.43. The zero-order valence-corrected chi connectivity index (χ0v) is 11.6. The summed E-state index contributed by atoms with van der Waals surface area (Å²) in [7, 11) is 0. The molecule has 0 radical (unpaired) electrons. The summed E-state index contributed by atoms with van der Waals surface area (Å²) in [6.45, 7) is 2.75. The van der Waals surface area contributed by atoms with Gasteiger partial charge >= 0.3 is 0 Å². The van der Waals surface area contributed by atoms with Crippen LogP contribution in [0.4, 0.5) is 0 Å². The van der Waals surface area contributed by atoms with Crippen LogP contribution in [0, 0.1) is 6.92 Å². The highest BCUT2D eigenvalue weighted by atomic mass is 79.9. The molecule has 0 aliphatic carbocycles. The quantitative estimate of drug-likeness (QED) is 0.856. The van der Waals surface area contributed by atoms with Gasteiger partial charge in [0, 0.05) is 11.1 Å². The van der Waals surface area contributed by atoms with E-state index in [0.29, 0.717) is 5.82 Å². The first-order chi connectivity index (χ1) is 8.74. The van der Waals surface area contributed by atoms with Crippen molar-refractivity contribution in [2.45, 2.75) is 26.0 Å². The van der Waals surface area contributed by atoms with Crippen LogP contribution >= 0.6 is 15.9 Å². The molecule has 0 aromatic carbocycles. The molecule has 2 aromatic heterocycles. The molecule has 5 nitrogen and oxygen atoms in total. The van der Waals surface area contributed by atoms with Crippen LogP contribution in [0.1, 0.15) is 24.8 Å². The second-order valence-corrected chi connectivity index (χ2v) is 5.13. The van der Waals surface area contributed by atoms with Gasteiger partial charge in [0.15, 0.2) is 12.1 Å². The van der Waals surface area contributed by atoms with Crippen LogP contribution in [-0.2, 0) is 4.74 Å². The number of ether oxygens (including phenoxy) is 1. The van der Waals surface area contributed by atoms with E-state index >= 15 is 0 Å². The van der Waals surface area contributed by atoms with Crippen molar-refractivity contribution in [2.24, 2.45) is 0 Å². The van der Waals surface area contributed by atoms with E-state index in [1.807, 2.05) is 19.1 Å². The summed E-state index contributed by atoms with van der Waals surface area (Å²) in [5, 5.41) is 4.44. The molecule has 2 aromatic rings. The van der Waals surface area contributed by atoms with E-state index in [4.69, 9.17) is 4.74 Å². The smallest absolute Gasteiger partial charge is 0.199 e. The molecule has 18 heavy (non-hydrogen) atoms. The molecule has 0 bridgehead atoms. The molecule has 0 spiro atoms. The van der Waals surface area contributed by atoms with Crippen LogP contribution in [0.3, 0.4) is 0 Å². The molecule has 0 amide bonds. The molecule has 94 valence electrons. The molecule has 1 aliphatic heterocycles. The Morgan fingerprint density at radius 1 is 1.44 bits per heavy atom. The largest absolute Gasteiger partial charge is 0.356 e. The normalized spacial score (nSPS) is 19.3. The molecule has 3 heterocycles. The highest BCUT2D eigenvalue weighted by Gasteiger charge is 2.19. The lowest BCUT2D eigenvalue weighted by Crippen LogP contribution is -2.07. The average Bonchev–Trinajstić information content (AvgIpc) is 3.01. The van der Waals surface area contributed by atoms with Crippen molar-refractivity contribution in [3.63, 3.8) is 0 Å². The van der Waals surface area contributed by atoms with Crippen LogP contribution in [0.25, 0.3) is 11.5 Å². The first-order valence-electron chi connectivity index (χ1n) is 5.90. The van der Waals surface area contributed by atoms with Gasteiger partial charge in [0.2, 0.25) is 0 Å². The van der Waals surface area contributed by atoms with Gasteiger partial charge in [-0.2, -0.15) is 0 Å². The maximum absolute atomic E-state index is 5.56. The summed E-state index contributed by atoms with van der Waals surface area (Å²) in [5.41, 5.74) is 1.72. The fraction of sp³-hybridized carbons (Fsp3) is 0.417. The van der Waals surface area contributed by atoms with E-state index < -0.39 is 0 Å². The van der Waals surface area contributed by atoms with Gasteiger partial charge in [-0.3, -0.25) is 0 Å². The zero-order chi connectivity index (χ0) is 12.5. The van der Waals surface area contributed by atoms with Gasteiger partial charge in [0.1, 0.15) is 12.0 Å². The molecule has 1 aliphatic rings. The highest BCUT2D eigenvalue weighted by molar-refractivity contribution is 9.10. The predicted octanol–water partition coefficient (Wildman–Crippen LogP) is 2.72. The summed E-state index contributed by atoms with van der Waals surface area (Å²) in [5.74, 6) is 0.640. The molecule has 3 rings (SSSR count). The van der Waals surface area contributed by atoms with Crippen molar-refractivity contribution in [2.75, 3.05) is 6.61 Å². The predicted molar refractivity (Wildman–Crippen MR) is 69.9 cm³/mol. The van der Waals surface area contributed by atoms with Crippen molar-refractivity contribution in [3.8, 4) is 11.5 Å². The Balaban J connectivity index is 1.89. The fourth-order valence-corrected chi connectivity index (χ4v) is 2.19. The number of aryl methyl sites for hydroxylation is 1. The van der Waals surface area contributed by atoms with E-state index in [2.05, 4.69) is 31.0 Å². The molecule has 1 fully saturated rings. The maximum Gasteiger partial charge on any atom is 0.199 e. The zero-order valence-electron chi connectivity index (χ0n) is 10.0. The molecule has 1 atom stereocenters. The summed E-state index contributed by atoms with van der Waals surface area (Å²) in [4.78, 5) is 8.75. The molecular formula is C12H13BrN4O. The fourth-order valence-electron chi connectivity index (χ4n) is 1.97. The lowest BCUT2D eigenvalue weighted by Gasteiger charge is -2.07. The van der Waals surface area contributed by atoms with E-state index in [0.717, 1.165) is 35.3 Å². The Hall–Kier alpha value is -1.27. The van der Waals surface area contributed by atoms with Crippen LogP contribution in [0.5, 0.6) is 0 Å². The van der Waals surface area contributed by atoms with Gasteiger partial charge in [-0.05, 0) is 47.8 Å². The third-order valence-corrected chi connectivity index (χ3v) is 3.80. The number of nitrogens with zero attached hydrogens (tertiary/aromatic N) is 4. The third-order valence-electron chi connectivity index (χ3n) is 2.96. The summed E-state index contributed by atoms with van der Waals surface area (Å²) in [6, 6.07) is 3.87. The highest BCUT2D eigenvalue weighted by Crippen LogP contribution is 2.23. The van der Waals surface area contributed by atoms with Gasteiger partial charge in [-0.25, -0.2) is 14.6 Å². The summed E-state index contributed by atoms with van der Waals surface area (Å²) < 4.78 is 8.33. The first-order valence-corrected chi connectivity index (χ1v) is 6.69. The van der Waals surface area contributed by atoms with Crippen molar-refractivity contribution in [1.82, 2.24) is 19.7 Å². The van der Waals surface area contributed by atoms with Gasteiger partial charge < -0.3 is 4.74 Å². The number of pyridine rings is 1.